The van der Waals surface area contributed by atoms with Gasteiger partial charge in [-0.1, -0.05) is 12.1 Å². The fourth-order valence-corrected chi connectivity index (χ4v) is 2.14. The molecule has 0 radical (unpaired) electrons. The second-order valence-corrected chi connectivity index (χ2v) is 4.54. The molecule has 0 bridgehead atoms. The first-order chi connectivity index (χ1) is 8.29. The van der Waals surface area contributed by atoms with E-state index in [4.69, 9.17) is 9.47 Å². The Morgan fingerprint density at radius 3 is 3.12 bits per heavy atom. The molecule has 0 aromatic heterocycles. The van der Waals surface area contributed by atoms with E-state index in [2.05, 4.69) is 24.4 Å². The summed E-state index contributed by atoms with van der Waals surface area (Å²) in [5.74, 6) is 0.910. The quantitative estimate of drug-likeness (QED) is 0.850. The van der Waals surface area contributed by atoms with Gasteiger partial charge in [-0.15, -0.1) is 0 Å². The Kier molecular flexibility index (Phi) is 4.40. The average Bonchev–Trinajstić information content (AvgIpc) is 2.89. The van der Waals surface area contributed by atoms with Gasteiger partial charge in [-0.05, 0) is 37.5 Å². The molecule has 3 nitrogen and oxygen atoms in total. The standard InChI is InChI=1S/C14H21NO2/c1-11(15-10-14-7-4-8-17-14)12-5-3-6-13(9-12)16-2/h3,5-6,9,11,14-15H,4,7-8,10H2,1-2H3/t11-,14-/m1/s1. The lowest BCUT2D eigenvalue weighted by atomic mass is 10.1. The zero-order valence-corrected chi connectivity index (χ0v) is 10.6. The smallest absolute Gasteiger partial charge is 0.119 e. The van der Waals surface area contributed by atoms with Gasteiger partial charge in [-0.25, -0.2) is 0 Å². The second kappa shape index (κ2) is 6.03. The van der Waals surface area contributed by atoms with Crippen LogP contribution in [0, 0.1) is 0 Å². The van der Waals surface area contributed by atoms with Crippen LogP contribution in [0.4, 0.5) is 0 Å². The van der Waals surface area contributed by atoms with Crippen LogP contribution in [0.25, 0.3) is 0 Å². The third-order valence-electron chi connectivity index (χ3n) is 3.27. The molecule has 2 rings (SSSR count). The lowest BCUT2D eigenvalue weighted by Gasteiger charge is -2.17. The second-order valence-electron chi connectivity index (χ2n) is 4.54. The van der Waals surface area contributed by atoms with E-state index < -0.39 is 0 Å². The number of nitrogens with one attached hydrogen (secondary N) is 1. The van der Waals surface area contributed by atoms with E-state index in [9.17, 15) is 0 Å². The maximum Gasteiger partial charge on any atom is 0.119 e. The van der Waals surface area contributed by atoms with Gasteiger partial charge in [0.2, 0.25) is 0 Å². The predicted molar refractivity (Wildman–Crippen MR) is 68.4 cm³/mol. The fraction of sp³-hybridized carbons (Fsp3) is 0.571. The Morgan fingerprint density at radius 1 is 1.53 bits per heavy atom. The molecule has 1 heterocycles. The number of hydrogen-bond acceptors (Lipinski definition) is 3. The number of benzene rings is 1. The first-order valence-electron chi connectivity index (χ1n) is 6.28. The Balaban J connectivity index is 1.87. The largest absolute Gasteiger partial charge is 0.497 e. The van der Waals surface area contributed by atoms with E-state index in [0.29, 0.717) is 12.1 Å². The normalized spacial score (nSPS) is 21.4. The Bertz CT molecular complexity index is 348. The number of methoxy groups -OCH3 is 1. The van der Waals surface area contributed by atoms with Crippen molar-refractivity contribution in [1.82, 2.24) is 5.32 Å². The molecular formula is C14H21NO2. The van der Waals surface area contributed by atoms with E-state index in [1.54, 1.807) is 7.11 Å². The molecular weight excluding hydrogens is 214 g/mol. The Labute approximate surface area is 103 Å². The highest BCUT2D eigenvalue weighted by atomic mass is 16.5. The maximum absolute atomic E-state index is 5.60. The SMILES string of the molecule is COc1cccc([C@@H](C)NC[C@H]2CCCO2)c1. The summed E-state index contributed by atoms with van der Waals surface area (Å²) in [6.07, 6.45) is 2.76. The molecule has 0 spiro atoms. The van der Waals surface area contributed by atoms with Gasteiger partial charge < -0.3 is 14.8 Å². The van der Waals surface area contributed by atoms with Crippen LogP contribution in [-0.4, -0.2) is 26.4 Å². The zero-order chi connectivity index (χ0) is 12.1. The fourth-order valence-electron chi connectivity index (χ4n) is 2.14. The van der Waals surface area contributed by atoms with Gasteiger partial charge in [0.1, 0.15) is 5.75 Å². The highest BCUT2D eigenvalue weighted by Gasteiger charge is 2.16. The van der Waals surface area contributed by atoms with Crippen LogP contribution in [0.3, 0.4) is 0 Å². The van der Waals surface area contributed by atoms with Crippen LogP contribution in [0.1, 0.15) is 31.4 Å². The first kappa shape index (κ1) is 12.4. The van der Waals surface area contributed by atoms with Gasteiger partial charge in [-0.3, -0.25) is 0 Å². The molecule has 1 aromatic carbocycles. The summed E-state index contributed by atoms with van der Waals surface area (Å²) in [5, 5.41) is 3.51. The van der Waals surface area contributed by atoms with Crippen LogP contribution in [-0.2, 0) is 4.74 Å². The zero-order valence-electron chi connectivity index (χ0n) is 10.6. The molecule has 94 valence electrons. The summed E-state index contributed by atoms with van der Waals surface area (Å²) in [7, 11) is 1.70. The number of ether oxygens (including phenoxy) is 2. The minimum Gasteiger partial charge on any atom is -0.497 e. The first-order valence-corrected chi connectivity index (χ1v) is 6.28. The molecule has 0 amide bonds. The van der Waals surface area contributed by atoms with Crippen molar-refractivity contribution in [2.24, 2.45) is 0 Å². The molecule has 0 aliphatic carbocycles. The molecule has 0 unspecified atom stereocenters. The summed E-state index contributed by atoms with van der Waals surface area (Å²) in [6.45, 7) is 4.02. The lowest BCUT2D eigenvalue weighted by molar-refractivity contribution is 0.108. The number of rotatable bonds is 5. The van der Waals surface area contributed by atoms with Crippen LogP contribution < -0.4 is 10.1 Å². The molecule has 1 fully saturated rings. The van der Waals surface area contributed by atoms with Gasteiger partial charge in [0.25, 0.3) is 0 Å². The van der Waals surface area contributed by atoms with E-state index in [1.807, 2.05) is 12.1 Å². The maximum atomic E-state index is 5.60. The van der Waals surface area contributed by atoms with Crippen molar-refractivity contribution in [1.29, 1.82) is 0 Å². The topological polar surface area (TPSA) is 30.5 Å². The summed E-state index contributed by atoms with van der Waals surface area (Å²) in [5.41, 5.74) is 1.25. The van der Waals surface area contributed by atoms with E-state index >= 15 is 0 Å². The summed E-state index contributed by atoms with van der Waals surface area (Å²) in [4.78, 5) is 0. The van der Waals surface area contributed by atoms with Gasteiger partial charge in [0, 0.05) is 19.2 Å². The minimum atomic E-state index is 0.328. The number of hydrogen-bond donors (Lipinski definition) is 1. The monoisotopic (exact) mass is 235 g/mol. The van der Waals surface area contributed by atoms with Crippen molar-refractivity contribution in [3.05, 3.63) is 29.8 Å². The van der Waals surface area contributed by atoms with Crippen LogP contribution in [0.5, 0.6) is 5.75 Å². The van der Waals surface area contributed by atoms with Crippen molar-refractivity contribution >= 4 is 0 Å². The highest BCUT2D eigenvalue weighted by molar-refractivity contribution is 5.30. The van der Waals surface area contributed by atoms with Crippen molar-refractivity contribution in [2.75, 3.05) is 20.3 Å². The Morgan fingerprint density at radius 2 is 2.41 bits per heavy atom. The van der Waals surface area contributed by atoms with Crippen LogP contribution >= 0.6 is 0 Å². The summed E-state index contributed by atoms with van der Waals surface area (Å²) in [6, 6.07) is 8.52. The van der Waals surface area contributed by atoms with Crippen molar-refractivity contribution in [2.45, 2.75) is 31.9 Å². The van der Waals surface area contributed by atoms with Gasteiger partial charge in [-0.2, -0.15) is 0 Å². The molecule has 2 atom stereocenters. The predicted octanol–water partition coefficient (Wildman–Crippen LogP) is 2.52. The molecule has 1 saturated heterocycles. The van der Waals surface area contributed by atoms with Gasteiger partial charge >= 0.3 is 0 Å². The third-order valence-corrected chi connectivity index (χ3v) is 3.27. The molecule has 1 N–H and O–H groups in total. The van der Waals surface area contributed by atoms with E-state index in [0.717, 1.165) is 18.9 Å². The Hall–Kier alpha value is -1.06. The molecule has 1 aromatic rings. The van der Waals surface area contributed by atoms with Crippen LogP contribution in [0.2, 0.25) is 0 Å². The highest BCUT2D eigenvalue weighted by Crippen LogP contribution is 2.19. The summed E-state index contributed by atoms with van der Waals surface area (Å²) < 4.78 is 10.8. The van der Waals surface area contributed by atoms with Gasteiger partial charge in [0.15, 0.2) is 0 Å². The molecule has 1 aliphatic rings. The van der Waals surface area contributed by atoms with Gasteiger partial charge in [0.05, 0.1) is 13.2 Å². The van der Waals surface area contributed by atoms with Crippen molar-refractivity contribution in [3.63, 3.8) is 0 Å². The molecule has 17 heavy (non-hydrogen) atoms. The van der Waals surface area contributed by atoms with E-state index in [-0.39, 0.29) is 0 Å². The molecule has 0 saturated carbocycles. The van der Waals surface area contributed by atoms with Crippen LogP contribution in [0.15, 0.2) is 24.3 Å². The minimum absolute atomic E-state index is 0.328. The summed E-state index contributed by atoms with van der Waals surface area (Å²) >= 11 is 0. The average molecular weight is 235 g/mol. The molecule has 1 aliphatic heterocycles. The third kappa shape index (κ3) is 3.45. The van der Waals surface area contributed by atoms with Crippen molar-refractivity contribution < 1.29 is 9.47 Å². The van der Waals surface area contributed by atoms with Crippen molar-refractivity contribution in [3.8, 4) is 5.75 Å². The lowest BCUT2D eigenvalue weighted by Crippen LogP contribution is -2.28. The van der Waals surface area contributed by atoms with E-state index in [1.165, 1.54) is 18.4 Å². The molecule has 3 heteroatoms.